The van der Waals surface area contributed by atoms with Gasteiger partial charge in [-0.25, -0.2) is 4.99 Å². The van der Waals surface area contributed by atoms with E-state index >= 15 is 0 Å². The van der Waals surface area contributed by atoms with Gasteiger partial charge in [-0.3, -0.25) is 5.41 Å². The van der Waals surface area contributed by atoms with Gasteiger partial charge in [0.05, 0.1) is 0 Å². The smallest absolute Gasteiger partial charge is 0.150 e. The van der Waals surface area contributed by atoms with Crippen LogP contribution < -0.4 is 5.73 Å². The number of hydrogen-bond acceptors (Lipinski definition) is 2. The minimum absolute atomic E-state index is 0.313. The number of hydrogen-bond donors (Lipinski definition) is 2. The molecule has 0 unspecified atom stereocenters. The van der Waals surface area contributed by atoms with Crippen LogP contribution in [0.25, 0.3) is 0 Å². The number of aliphatic imine (C=N–C) groups is 1. The second kappa shape index (κ2) is 2.25. The van der Waals surface area contributed by atoms with E-state index in [2.05, 4.69) is 4.99 Å². The predicted octanol–water partition coefficient (Wildman–Crippen LogP) is 0.917. The van der Waals surface area contributed by atoms with Gasteiger partial charge in [0, 0.05) is 5.57 Å². The van der Waals surface area contributed by atoms with Crippen molar-refractivity contribution in [3.63, 3.8) is 0 Å². The van der Waals surface area contributed by atoms with E-state index in [-0.39, 0.29) is 0 Å². The van der Waals surface area contributed by atoms with Gasteiger partial charge >= 0.3 is 0 Å². The second-order valence-corrected chi connectivity index (χ2v) is 2.64. The van der Waals surface area contributed by atoms with Crippen LogP contribution in [-0.2, 0) is 0 Å². The van der Waals surface area contributed by atoms with Gasteiger partial charge < -0.3 is 5.73 Å². The van der Waals surface area contributed by atoms with Gasteiger partial charge in [-0.05, 0) is 12.0 Å². The van der Waals surface area contributed by atoms with E-state index in [0.717, 1.165) is 5.57 Å². The summed E-state index contributed by atoms with van der Waals surface area (Å²) in [7, 11) is 0. The third-order valence-corrected chi connectivity index (χ3v) is 1.44. The van der Waals surface area contributed by atoms with Crippen LogP contribution in [0.2, 0.25) is 0 Å². The maximum Gasteiger partial charge on any atom is 0.150 e. The van der Waals surface area contributed by atoms with Crippen molar-refractivity contribution in [2.24, 2.45) is 16.6 Å². The summed E-state index contributed by atoms with van der Waals surface area (Å²) in [6, 6.07) is 0. The zero-order valence-corrected chi connectivity index (χ0v) is 6.18. The third-order valence-electron chi connectivity index (χ3n) is 1.44. The Kier molecular flexibility index (Phi) is 1.57. The quantitative estimate of drug-likeness (QED) is 0.554. The molecule has 0 spiro atoms. The van der Waals surface area contributed by atoms with Crippen molar-refractivity contribution in [2.75, 3.05) is 0 Å². The van der Waals surface area contributed by atoms with E-state index in [1.807, 2.05) is 13.8 Å². The first-order valence-electron chi connectivity index (χ1n) is 3.26. The molecule has 0 amide bonds. The molecule has 0 saturated carbocycles. The molecule has 0 fully saturated rings. The van der Waals surface area contributed by atoms with Crippen LogP contribution in [0, 0.1) is 11.3 Å². The fourth-order valence-electron chi connectivity index (χ4n) is 0.894. The molecular weight excluding hydrogens is 126 g/mol. The van der Waals surface area contributed by atoms with Crippen LogP contribution in [0.5, 0.6) is 0 Å². The molecule has 3 nitrogen and oxygen atoms in total. The van der Waals surface area contributed by atoms with Crippen LogP contribution in [-0.4, -0.2) is 11.7 Å². The Morgan fingerprint density at radius 1 is 1.60 bits per heavy atom. The predicted molar refractivity (Wildman–Crippen MR) is 42.3 cm³/mol. The minimum atomic E-state index is 0.313. The lowest BCUT2D eigenvalue weighted by Gasteiger charge is -2.02. The van der Waals surface area contributed by atoms with Gasteiger partial charge in [0.1, 0.15) is 11.7 Å². The normalized spacial score (nSPS) is 17.7. The maximum absolute atomic E-state index is 7.33. The number of nitrogens with zero attached hydrogens (tertiary/aromatic N) is 1. The highest BCUT2D eigenvalue weighted by molar-refractivity contribution is 6.15. The first-order valence-corrected chi connectivity index (χ1v) is 3.26. The SMILES string of the molecule is CC(C)C1=CC(N)=NC1=N. The molecule has 0 aliphatic carbocycles. The highest BCUT2D eigenvalue weighted by atomic mass is 14.9. The summed E-state index contributed by atoms with van der Waals surface area (Å²) in [5.74, 6) is 1.11. The average molecular weight is 137 g/mol. The molecular formula is C7H11N3. The van der Waals surface area contributed by atoms with Gasteiger partial charge in [0.2, 0.25) is 0 Å². The molecule has 3 N–H and O–H groups in total. The monoisotopic (exact) mass is 137 g/mol. The minimum Gasteiger partial charge on any atom is -0.384 e. The summed E-state index contributed by atoms with van der Waals surface area (Å²) in [4.78, 5) is 3.78. The summed E-state index contributed by atoms with van der Waals surface area (Å²) in [5, 5.41) is 7.33. The molecule has 0 saturated heterocycles. The van der Waals surface area contributed by atoms with Crippen LogP contribution in [0.15, 0.2) is 16.6 Å². The van der Waals surface area contributed by atoms with Crippen LogP contribution in [0.3, 0.4) is 0 Å². The molecule has 1 aliphatic heterocycles. The molecule has 0 aromatic carbocycles. The van der Waals surface area contributed by atoms with E-state index in [9.17, 15) is 0 Å². The Morgan fingerprint density at radius 2 is 2.20 bits per heavy atom. The van der Waals surface area contributed by atoms with Crippen molar-refractivity contribution < 1.29 is 0 Å². The van der Waals surface area contributed by atoms with Gasteiger partial charge in [-0.1, -0.05) is 13.8 Å². The van der Waals surface area contributed by atoms with Crippen LogP contribution in [0.4, 0.5) is 0 Å². The largest absolute Gasteiger partial charge is 0.384 e. The van der Waals surface area contributed by atoms with Gasteiger partial charge in [-0.2, -0.15) is 0 Å². The molecule has 0 bridgehead atoms. The lowest BCUT2D eigenvalue weighted by Crippen LogP contribution is -2.04. The molecule has 54 valence electrons. The van der Waals surface area contributed by atoms with Gasteiger partial charge in [0.25, 0.3) is 0 Å². The fraction of sp³-hybridized carbons (Fsp3) is 0.429. The second-order valence-electron chi connectivity index (χ2n) is 2.64. The van der Waals surface area contributed by atoms with E-state index in [0.29, 0.717) is 17.6 Å². The van der Waals surface area contributed by atoms with Crippen molar-refractivity contribution in [1.29, 1.82) is 5.41 Å². The molecule has 0 radical (unpaired) electrons. The average Bonchev–Trinajstić information content (AvgIpc) is 2.10. The Balaban J connectivity index is 2.86. The first-order chi connectivity index (χ1) is 4.61. The molecule has 3 heteroatoms. The molecule has 10 heavy (non-hydrogen) atoms. The molecule has 0 aromatic heterocycles. The van der Waals surface area contributed by atoms with E-state index in [4.69, 9.17) is 11.1 Å². The standard InChI is InChI=1S/C7H11N3/c1-4(2)5-3-6(8)10-7(5)9/h3-4H,1-2H3,(H3,8,9,10). The topological polar surface area (TPSA) is 62.2 Å². The van der Waals surface area contributed by atoms with Crippen molar-refractivity contribution in [3.05, 3.63) is 11.6 Å². The zero-order chi connectivity index (χ0) is 7.72. The van der Waals surface area contributed by atoms with Crippen molar-refractivity contribution in [2.45, 2.75) is 13.8 Å². The number of nitrogens with two attached hydrogens (primary N) is 1. The van der Waals surface area contributed by atoms with Gasteiger partial charge in [0.15, 0.2) is 0 Å². The Hall–Kier alpha value is -1.12. The van der Waals surface area contributed by atoms with E-state index < -0.39 is 0 Å². The van der Waals surface area contributed by atoms with Crippen molar-refractivity contribution >= 4 is 11.7 Å². The highest BCUT2D eigenvalue weighted by Gasteiger charge is 2.14. The summed E-state index contributed by atoms with van der Waals surface area (Å²) in [6.45, 7) is 4.04. The lowest BCUT2D eigenvalue weighted by atomic mass is 10.0. The number of nitrogens with one attached hydrogen (secondary N) is 1. The summed E-state index contributed by atoms with van der Waals surface area (Å²) in [5.41, 5.74) is 6.31. The van der Waals surface area contributed by atoms with E-state index in [1.54, 1.807) is 6.08 Å². The van der Waals surface area contributed by atoms with Crippen molar-refractivity contribution in [1.82, 2.24) is 0 Å². The van der Waals surface area contributed by atoms with Gasteiger partial charge in [-0.15, -0.1) is 0 Å². The zero-order valence-electron chi connectivity index (χ0n) is 6.18. The molecule has 0 atom stereocenters. The molecule has 0 aromatic rings. The highest BCUT2D eigenvalue weighted by Crippen LogP contribution is 2.15. The lowest BCUT2D eigenvalue weighted by molar-refractivity contribution is 0.803. The third kappa shape index (κ3) is 1.07. The summed E-state index contributed by atoms with van der Waals surface area (Å²) < 4.78 is 0. The van der Waals surface area contributed by atoms with Crippen molar-refractivity contribution in [3.8, 4) is 0 Å². The molecule has 1 rings (SSSR count). The number of amidine groups is 2. The van der Waals surface area contributed by atoms with E-state index in [1.165, 1.54) is 0 Å². The summed E-state index contributed by atoms with van der Waals surface area (Å²) in [6.07, 6.45) is 1.76. The number of rotatable bonds is 1. The van der Waals surface area contributed by atoms with Crippen LogP contribution in [0.1, 0.15) is 13.8 Å². The Morgan fingerprint density at radius 3 is 2.40 bits per heavy atom. The fourth-order valence-corrected chi connectivity index (χ4v) is 0.894. The summed E-state index contributed by atoms with van der Waals surface area (Å²) >= 11 is 0. The first kappa shape index (κ1) is 6.99. The Bertz CT molecular complexity index is 223. The Labute approximate surface area is 60.2 Å². The maximum atomic E-state index is 7.33. The molecule has 1 aliphatic rings. The molecule has 1 heterocycles. The van der Waals surface area contributed by atoms with Crippen LogP contribution >= 0.6 is 0 Å².